The zero-order chi connectivity index (χ0) is 12.5. The Balaban J connectivity index is 2.35. The fraction of sp³-hybridized carbons (Fsp3) is 0.643. The molecular formula is C14H20O2S. The molecule has 1 aromatic heterocycles. The van der Waals surface area contributed by atoms with E-state index in [2.05, 4.69) is 25.3 Å². The van der Waals surface area contributed by atoms with Gasteiger partial charge in [-0.3, -0.25) is 4.79 Å². The van der Waals surface area contributed by atoms with Crippen molar-refractivity contribution in [2.45, 2.75) is 57.3 Å². The van der Waals surface area contributed by atoms with Gasteiger partial charge in [-0.05, 0) is 35.8 Å². The lowest BCUT2D eigenvalue weighted by molar-refractivity contribution is -0.145. The summed E-state index contributed by atoms with van der Waals surface area (Å²) < 4.78 is 0. The second-order valence-corrected chi connectivity index (χ2v) is 6.28. The highest BCUT2D eigenvalue weighted by Gasteiger charge is 2.41. The van der Waals surface area contributed by atoms with Crippen LogP contribution in [0.2, 0.25) is 0 Å². The predicted octanol–water partition coefficient (Wildman–Crippen LogP) is 4.16. The van der Waals surface area contributed by atoms with Crippen molar-refractivity contribution in [3.63, 3.8) is 0 Å². The zero-order valence-electron chi connectivity index (χ0n) is 10.5. The second kappa shape index (κ2) is 4.81. The minimum absolute atomic E-state index is 0.489. The predicted molar refractivity (Wildman–Crippen MR) is 70.8 cm³/mol. The summed E-state index contributed by atoms with van der Waals surface area (Å²) in [6.45, 7) is 4.31. The molecule has 0 radical (unpaired) electrons. The standard InChI is InChI=1S/C14H20O2S/c1-10(2)12-8-11(9-17-12)14(13(15)16)6-4-3-5-7-14/h8-10H,3-7H2,1-2H3,(H,15,16). The first-order chi connectivity index (χ1) is 8.06. The van der Waals surface area contributed by atoms with Gasteiger partial charge in [-0.1, -0.05) is 33.1 Å². The van der Waals surface area contributed by atoms with Crippen LogP contribution in [-0.2, 0) is 10.2 Å². The molecule has 0 aromatic carbocycles. The fourth-order valence-electron chi connectivity index (χ4n) is 2.69. The molecule has 94 valence electrons. The molecule has 17 heavy (non-hydrogen) atoms. The maximum atomic E-state index is 11.7. The number of rotatable bonds is 3. The van der Waals surface area contributed by atoms with Gasteiger partial charge < -0.3 is 5.11 Å². The minimum Gasteiger partial charge on any atom is -0.481 e. The van der Waals surface area contributed by atoms with Crippen molar-refractivity contribution in [3.8, 4) is 0 Å². The lowest BCUT2D eigenvalue weighted by atomic mass is 9.70. The van der Waals surface area contributed by atoms with Crippen LogP contribution in [0.1, 0.15) is 62.3 Å². The average molecular weight is 252 g/mol. The number of carbonyl (C=O) groups is 1. The van der Waals surface area contributed by atoms with Gasteiger partial charge in [-0.2, -0.15) is 0 Å². The molecule has 1 aliphatic carbocycles. The van der Waals surface area contributed by atoms with Crippen LogP contribution in [-0.4, -0.2) is 11.1 Å². The van der Waals surface area contributed by atoms with E-state index in [1.165, 1.54) is 11.3 Å². The summed E-state index contributed by atoms with van der Waals surface area (Å²) in [4.78, 5) is 13.0. The highest BCUT2D eigenvalue weighted by Crippen LogP contribution is 2.42. The molecule has 0 spiro atoms. The third kappa shape index (κ3) is 2.25. The fourth-order valence-corrected chi connectivity index (χ4v) is 3.71. The monoisotopic (exact) mass is 252 g/mol. The Morgan fingerprint density at radius 1 is 1.35 bits per heavy atom. The van der Waals surface area contributed by atoms with E-state index in [1.54, 1.807) is 11.3 Å². The Kier molecular flexibility index (Phi) is 3.57. The number of hydrogen-bond donors (Lipinski definition) is 1. The molecule has 1 aliphatic rings. The third-order valence-electron chi connectivity index (χ3n) is 3.86. The molecule has 2 nitrogen and oxygen atoms in total. The SMILES string of the molecule is CC(C)c1cc(C2(C(=O)O)CCCCC2)cs1. The average Bonchev–Trinajstić information content (AvgIpc) is 2.79. The molecule has 0 amide bonds. The number of thiophene rings is 1. The molecule has 0 unspecified atom stereocenters. The Bertz CT molecular complexity index is 400. The zero-order valence-corrected chi connectivity index (χ0v) is 11.3. The van der Waals surface area contributed by atoms with E-state index in [9.17, 15) is 9.90 Å². The molecule has 1 saturated carbocycles. The lowest BCUT2D eigenvalue weighted by Crippen LogP contribution is -2.37. The summed E-state index contributed by atoms with van der Waals surface area (Å²) in [6.07, 6.45) is 4.86. The largest absolute Gasteiger partial charge is 0.481 e. The van der Waals surface area contributed by atoms with E-state index in [0.717, 1.165) is 31.2 Å². The molecule has 2 rings (SSSR count). The summed E-state index contributed by atoms with van der Waals surface area (Å²) in [5, 5.41) is 11.7. The van der Waals surface area contributed by atoms with Gasteiger partial charge in [0, 0.05) is 4.88 Å². The van der Waals surface area contributed by atoms with Gasteiger partial charge in [-0.15, -0.1) is 11.3 Å². The van der Waals surface area contributed by atoms with Crippen molar-refractivity contribution in [2.24, 2.45) is 0 Å². The van der Waals surface area contributed by atoms with Crippen molar-refractivity contribution < 1.29 is 9.90 Å². The Morgan fingerprint density at radius 2 is 2.00 bits per heavy atom. The van der Waals surface area contributed by atoms with Gasteiger partial charge in [0.15, 0.2) is 0 Å². The maximum Gasteiger partial charge on any atom is 0.314 e. The molecule has 1 aromatic rings. The first-order valence-electron chi connectivity index (χ1n) is 6.38. The number of carboxylic acid groups (broad SMARTS) is 1. The molecular weight excluding hydrogens is 232 g/mol. The summed E-state index contributed by atoms with van der Waals surface area (Å²) in [6, 6.07) is 2.12. The van der Waals surface area contributed by atoms with Gasteiger partial charge in [0.05, 0.1) is 5.41 Å². The van der Waals surface area contributed by atoms with Crippen LogP contribution in [0.5, 0.6) is 0 Å². The van der Waals surface area contributed by atoms with Gasteiger partial charge in [0.25, 0.3) is 0 Å². The summed E-state index contributed by atoms with van der Waals surface area (Å²) >= 11 is 1.70. The third-order valence-corrected chi connectivity index (χ3v) is 5.09. The lowest BCUT2D eigenvalue weighted by Gasteiger charge is -2.32. The van der Waals surface area contributed by atoms with E-state index < -0.39 is 11.4 Å². The molecule has 1 fully saturated rings. The number of aliphatic carboxylic acids is 1. The molecule has 0 aliphatic heterocycles. The molecule has 1 heterocycles. The molecule has 0 saturated heterocycles. The Morgan fingerprint density at radius 3 is 2.47 bits per heavy atom. The van der Waals surface area contributed by atoms with E-state index in [-0.39, 0.29) is 0 Å². The number of carboxylic acids is 1. The van der Waals surface area contributed by atoms with Gasteiger partial charge in [0.1, 0.15) is 0 Å². The first-order valence-corrected chi connectivity index (χ1v) is 7.26. The topological polar surface area (TPSA) is 37.3 Å². The quantitative estimate of drug-likeness (QED) is 0.877. The molecule has 0 atom stereocenters. The second-order valence-electron chi connectivity index (χ2n) is 5.34. The van der Waals surface area contributed by atoms with Crippen LogP contribution >= 0.6 is 11.3 Å². The maximum absolute atomic E-state index is 11.7. The first kappa shape index (κ1) is 12.6. The summed E-state index contributed by atoms with van der Waals surface area (Å²) in [5.41, 5.74) is 0.445. The van der Waals surface area contributed by atoms with E-state index in [4.69, 9.17) is 0 Å². The van der Waals surface area contributed by atoms with E-state index in [0.29, 0.717) is 5.92 Å². The molecule has 3 heteroatoms. The van der Waals surface area contributed by atoms with Crippen molar-refractivity contribution in [2.75, 3.05) is 0 Å². The summed E-state index contributed by atoms with van der Waals surface area (Å²) in [5.74, 6) is -0.145. The van der Waals surface area contributed by atoms with Crippen molar-refractivity contribution in [3.05, 3.63) is 21.9 Å². The van der Waals surface area contributed by atoms with Gasteiger partial charge in [0.2, 0.25) is 0 Å². The van der Waals surface area contributed by atoms with Crippen LogP contribution in [0, 0.1) is 0 Å². The smallest absolute Gasteiger partial charge is 0.314 e. The molecule has 1 N–H and O–H groups in total. The van der Waals surface area contributed by atoms with Crippen molar-refractivity contribution in [1.29, 1.82) is 0 Å². The summed E-state index contributed by atoms with van der Waals surface area (Å²) in [7, 11) is 0. The van der Waals surface area contributed by atoms with Crippen LogP contribution in [0.15, 0.2) is 11.4 Å². The van der Waals surface area contributed by atoms with Crippen molar-refractivity contribution in [1.82, 2.24) is 0 Å². The van der Waals surface area contributed by atoms with E-state index in [1.807, 2.05) is 0 Å². The number of hydrogen-bond acceptors (Lipinski definition) is 2. The van der Waals surface area contributed by atoms with Crippen LogP contribution in [0.3, 0.4) is 0 Å². The van der Waals surface area contributed by atoms with Gasteiger partial charge >= 0.3 is 5.97 Å². The Labute approximate surface area is 107 Å². The highest BCUT2D eigenvalue weighted by molar-refractivity contribution is 7.10. The normalized spacial score (nSPS) is 19.5. The Hall–Kier alpha value is -0.830. The van der Waals surface area contributed by atoms with Crippen molar-refractivity contribution >= 4 is 17.3 Å². The highest BCUT2D eigenvalue weighted by atomic mass is 32.1. The van der Waals surface area contributed by atoms with Gasteiger partial charge in [-0.25, -0.2) is 0 Å². The van der Waals surface area contributed by atoms with E-state index >= 15 is 0 Å². The van der Waals surface area contributed by atoms with Crippen LogP contribution < -0.4 is 0 Å². The van der Waals surface area contributed by atoms with Crippen LogP contribution in [0.4, 0.5) is 0 Å². The molecule has 0 bridgehead atoms. The van der Waals surface area contributed by atoms with Crippen LogP contribution in [0.25, 0.3) is 0 Å². The minimum atomic E-state index is -0.634.